The summed E-state index contributed by atoms with van der Waals surface area (Å²) < 4.78 is 13.3. The number of phenols is 1. The number of rotatable bonds is 13. The summed E-state index contributed by atoms with van der Waals surface area (Å²) in [5.74, 6) is -2.74. The molecule has 2 heterocycles. The lowest BCUT2D eigenvalue weighted by molar-refractivity contribution is -0.241. The summed E-state index contributed by atoms with van der Waals surface area (Å²) in [6, 6.07) is 3.40. The summed E-state index contributed by atoms with van der Waals surface area (Å²) in [5, 5.41) is 42.1. The number of hydrogen-bond donors (Lipinski definition) is 4. The molecular weight excluding hydrogens is 536 g/mol. The van der Waals surface area contributed by atoms with E-state index in [1.54, 1.807) is 26.0 Å². The number of ketones is 1. The fourth-order valence-electron chi connectivity index (χ4n) is 7.50. The Balaban J connectivity index is 1.70. The molecular formula is C34H54O8. The number of aliphatic hydroxyl groups excluding tert-OH is 1. The van der Waals surface area contributed by atoms with E-state index < -0.39 is 40.7 Å². The molecule has 0 aliphatic carbocycles. The lowest BCUT2D eigenvalue weighted by Crippen LogP contribution is -2.56. The first-order valence-corrected chi connectivity index (χ1v) is 15.9. The first kappa shape index (κ1) is 34.5. The van der Waals surface area contributed by atoms with Crippen molar-refractivity contribution in [3.63, 3.8) is 0 Å². The van der Waals surface area contributed by atoms with Gasteiger partial charge in [0.25, 0.3) is 0 Å². The average molecular weight is 591 g/mol. The Bertz CT molecular complexity index is 1120. The molecule has 4 N–H and O–H groups in total. The number of aryl methyl sites for hydroxylation is 2. The number of carboxylic acid groups (broad SMARTS) is 1. The molecule has 0 aromatic heterocycles. The monoisotopic (exact) mass is 590 g/mol. The zero-order chi connectivity index (χ0) is 31.6. The van der Waals surface area contributed by atoms with E-state index in [2.05, 4.69) is 6.92 Å². The van der Waals surface area contributed by atoms with E-state index in [0.717, 1.165) is 12.8 Å². The van der Waals surface area contributed by atoms with Crippen LogP contribution in [0.2, 0.25) is 0 Å². The third-order valence-corrected chi connectivity index (χ3v) is 10.8. The van der Waals surface area contributed by atoms with Crippen LogP contribution in [-0.2, 0) is 20.7 Å². The van der Waals surface area contributed by atoms with Gasteiger partial charge >= 0.3 is 5.97 Å². The fourth-order valence-corrected chi connectivity index (χ4v) is 7.50. The number of carbonyl (C=O) groups is 2. The maximum absolute atomic E-state index is 13.9. The van der Waals surface area contributed by atoms with Gasteiger partial charge in [-0.3, -0.25) is 4.79 Å². The molecule has 0 spiro atoms. The zero-order valence-electron chi connectivity index (χ0n) is 26.9. The number of ether oxygens (including phenoxy) is 2. The summed E-state index contributed by atoms with van der Waals surface area (Å²) in [7, 11) is 0. The van der Waals surface area contributed by atoms with Gasteiger partial charge in [-0.2, -0.15) is 0 Å². The lowest BCUT2D eigenvalue weighted by atomic mass is 9.74. The van der Waals surface area contributed by atoms with Gasteiger partial charge in [0.15, 0.2) is 0 Å². The van der Waals surface area contributed by atoms with Crippen molar-refractivity contribution in [2.75, 3.05) is 0 Å². The Labute approximate surface area is 251 Å². The summed E-state index contributed by atoms with van der Waals surface area (Å²) in [4.78, 5) is 25.7. The molecule has 1 aromatic rings. The van der Waals surface area contributed by atoms with Crippen molar-refractivity contribution in [2.45, 2.75) is 148 Å². The molecule has 9 unspecified atom stereocenters. The van der Waals surface area contributed by atoms with Gasteiger partial charge in [0.1, 0.15) is 17.1 Å². The zero-order valence-corrected chi connectivity index (χ0v) is 26.9. The molecule has 2 fully saturated rings. The lowest BCUT2D eigenvalue weighted by Gasteiger charge is -2.48. The highest BCUT2D eigenvalue weighted by Crippen LogP contribution is 2.51. The molecule has 2 aliphatic rings. The average Bonchev–Trinajstić information content (AvgIpc) is 3.32. The number of carbonyl (C=O) groups excluding carboxylic acids is 1. The number of carboxylic acids is 1. The van der Waals surface area contributed by atoms with Crippen molar-refractivity contribution in [1.82, 2.24) is 0 Å². The predicted octanol–water partition coefficient (Wildman–Crippen LogP) is 5.99. The Morgan fingerprint density at radius 2 is 1.76 bits per heavy atom. The first-order valence-electron chi connectivity index (χ1n) is 15.9. The van der Waals surface area contributed by atoms with E-state index in [0.29, 0.717) is 56.1 Å². The van der Waals surface area contributed by atoms with Crippen LogP contribution in [0.1, 0.15) is 121 Å². The van der Waals surface area contributed by atoms with E-state index in [-0.39, 0.29) is 35.2 Å². The maximum atomic E-state index is 13.9. The van der Waals surface area contributed by atoms with Crippen molar-refractivity contribution >= 4 is 11.8 Å². The van der Waals surface area contributed by atoms with Gasteiger partial charge < -0.3 is 29.9 Å². The molecule has 9 atom stereocenters. The summed E-state index contributed by atoms with van der Waals surface area (Å²) in [6.07, 6.45) is 4.29. The number of hydrogen-bond acceptors (Lipinski definition) is 7. The smallest absolute Gasteiger partial charge is 0.339 e. The second-order valence-corrected chi connectivity index (χ2v) is 13.3. The summed E-state index contributed by atoms with van der Waals surface area (Å²) >= 11 is 0. The molecule has 0 saturated carbocycles. The van der Waals surface area contributed by atoms with Crippen molar-refractivity contribution in [1.29, 1.82) is 0 Å². The van der Waals surface area contributed by atoms with Crippen LogP contribution < -0.4 is 0 Å². The Morgan fingerprint density at radius 1 is 1.10 bits per heavy atom. The highest BCUT2D eigenvalue weighted by atomic mass is 16.6. The van der Waals surface area contributed by atoms with E-state index in [4.69, 9.17) is 9.47 Å². The van der Waals surface area contributed by atoms with Crippen molar-refractivity contribution in [2.24, 2.45) is 17.8 Å². The van der Waals surface area contributed by atoms with Crippen molar-refractivity contribution in [3.05, 3.63) is 28.8 Å². The molecule has 238 valence electrons. The quantitative estimate of drug-likeness (QED) is 0.220. The second-order valence-electron chi connectivity index (χ2n) is 13.3. The van der Waals surface area contributed by atoms with E-state index in [9.17, 15) is 30.0 Å². The third-order valence-electron chi connectivity index (χ3n) is 10.8. The van der Waals surface area contributed by atoms with Crippen LogP contribution in [0.15, 0.2) is 12.1 Å². The topological polar surface area (TPSA) is 134 Å². The van der Waals surface area contributed by atoms with Gasteiger partial charge in [0.05, 0.1) is 35.1 Å². The van der Waals surface area contributed by atoms with Crippen LogP contribution in [-0.4, -0.2) is 67.3 Å². The van der Waals surface area contributed by atoms with E-state index >= 15 is 0 Å². The molecule has 2 aliphatic heterocycles. The Kier molecular flexibility index (Phi) is 10.9. The van der Waals surface area contributed by atoms with E-state index in [1.165, 1.54) is 0 Å². The Hall–Kier alpha value is -2.00. The first-order chi connectivity index (χ1) is 19.6. The fraction of sp³-hybridized carbons (Fsp3) is 0.765. The largest absolute Gasteiger partial charge is 0.507 e. The minimum Gasteiger partial charge on any atom is -0.507 e. The molecule has 8 nitrogen and oxygen atoms in total. The van der Waals surface area contributed by atoms with Gasteiger partial charge in [0, 0.05) is 11.8 Å². The molecule has 2 saturated heterocycles. The molecule has 3 rings (SSSR count). The maximum Gasteiger partial charge on any atom is 0.339 e. The number of benzene rings is 1. The van der Waals surface area contributed by atoms with Gasteiger partial charge in [0.2, 0.25) is 0 Å². The minimum absolute atomic E-state index is 0.0243. The highest BCUT2D eigenvalue weighted by Gasteiger charge is 2.57. The van der Waals surface area contributed by atoms with Crippen LogP contribution in [0.5, 0.6) is 5.75 Å². The van der Waals surface area contributed by atoms with Crippen LogP contribution in [0, 0.1) is 24.7 Å². The normalized spacial score (nSPS) is 32.7. The number of aliphatic hydroxyl groups is 2. The molecule has 42 heavy (non-hydrogen) atoms. The summed E-state index contributed by atoms with van der Waals surface area (Å²) in [5.41, 5.74) is -1.15. The molecule has 0 bridgehead atoms. The van der Waals surface area contributed by atoms with Crippen LogP contribution in [0.25, 0.3) is 0 Å². The van der Waals surface area contributed by atoms with E-state index in [1.807, 2.05) is 34.6 Å². The molecule has 1 aromatic carbocycles. The standard InChI is InChI=1S/C34H54O8/c1-9-25(32(8)18-19-34(11-3,42-32)26-16-17-33(40,10-2)23(7)41-26)30(37)22(6)28(35)20(4)12-14-24-15-13-21(5)29(36)27(24)31(38)39/h13,15,20,22-23,25-26,28,35-36,40H,9-12,14,16-19H2,1-8H3,(H,38,39). The number of aromatic carboxylic acids is 1. The summed E-state index contributed by atoms with van der Waals surface area (Å²) in [6.45, 7) is 15.3. The van der Waals surface area contributed by atoms with Crippen LogP contribution in [0.4, 0.5) is 0 Å². The SMILES string of the molecule is CCC(C(=O)C(C)C(O)C(C)CCc1ccc(C)c(O)c1C(=O)O)C1(C)CCC(CC)(C2CCC(O)(CC)C(C)O2)O1. The predicted molar refractivity (Wildman–Crippen MR) is 162 cm³/mol. The van der Waals surface area contributed by atoms with Gasteiger partial charge in [-0.05, 0) is 95.6 Å². The minimum atomic E-state index is -1.18. The van der Waals surface area contributed by atoms with Gasteiger partial charge in [-0.15, -0.1) is 0 Å². The van der Waals surface area contributed by atoms with Crippen LogP contribution >= 0.6 is 0 Å². The number of Topliss-reactive ketones (excluding diaryl/α,β-unsaturated/α-hetero) is 1. The van der Waals surface area contributed by atoms with Gasteiger partial charge in [-0.25, -0.2) is 4.79 Å². The molecule has 8 heteroatoms. The Morgan fingerprint density at radius 3 is 2.31 bits per heavy atom. The molecule has 0 radical (unpaired) electrons. The highest BCUT2D eigenvalue weighted by molar-refractivity contribution is 5.93. The molecule has 0 amide bonds. The number of aromatic hydroxyl groups is 1. The van der Waals surface area contributed by atoms with Crippen LogP contribution in [0.3, 0.4) is 0 Å². The van der Waals surface area contributed by atoms with Gasteiger partial charge in [-0.1, -0.05) is 46.8 Å². The second kappa shape index (κ2) is 13.3. The van der Waals surface area contributed by atoms with Crippen molar-refractivity contribution < 1.29 is 39.5 Å². The van der Waals surface area contributed by atoms with Crippen molar-refractivity contribution in [3.8, 4) is 5.75 Å². The third kappa shape index (κ3) is 6.57.